The van der Waals surface area contributed by atoms with Crippen molar-refractivity contribution in [3.8, 4) is 5.75 Å². The highest BCUT2D eigenvalue weighted by Gasteiger charge is 2.22. The van der Waals surface area contributed by atoms with E-state index in [1.807, 2.05) is 38.1 Å². The number of benzene rings is 1. The minimum Gasteiger partial charge on any atom is -0.490 e. The van der Waals surface area contributed by atoms with Crippen molar-refractivity contribution < 1.29 is 14.3 Å². The van der Waals surface area contributed by atoms with E-state index in [2.05, 4.69) is 4.74 Å². The molecule has 0 aromatic heterocycles. The fraction of sp³-hybridized carbons (Fsp3) is 0.462. The van der Waals surface area contributed by atoms with Crippen LogP contribution in [0.1, 0.15) is 19.4 Å². The van der Waals surface area contributed by atoms with Crippen molar-refractivity contribution in [3.63, 3.8) is 0 Å². The third kappa shape index (κ3) is 3.26. The number of hydrogen-bond donors (Lipinski definition) is 0. The molecule has 1 aromatic rings. The summed E-state index contributed by atoms with van der Waals surface area (Å²) in [4.78, 5) is 11.3. The topological polar surface area (TPSA) is 35.5 Å². The van der Waals surface area contributed by atoms with E-state index in [0.717, 1.165) is 5.75 Å². The molecule has 2 atom stereocenters. The van der Waals surface area contributed by atoms with Gasteiger partial charge < -0.3 is 9.47 Å². The molecule has 0 fully saturated rings. The number of hydrogen-bond acceptors (Lipinski definition) is 3. The molecule has 0 heterocycles. The highest BCUT2D eigenvalue weighted by Crippen LogP contribution is 2.17. The lowest BCUT2D eigenvalue weighted by Gasteiger charge is -2.19. The summed E-state index contributed by atoms with van der Waals surface area (Å²) in [6, 6.07) is 7.75. The highest BCUT2D eigenvalue weighted by atomic mass is 16.5. The minimum absolute atomic E-state index is 0.199. The molecular formula is C13H18O3. The Balaban J connectivity index is 2.60. The maximum Gasteiger partial charge on any atom is 0.312 e. The molecule has 1 aromatic carbocycles. The molecule has 0 amide bonds. The summed E-state index contributed by atoms with van der Waals surface area (Å²) in [6.45, 7) is 5.68. The molecule has 3 nitrogen and oxygen atoms in total. The number of carbonyl (C=O) groups is 1. The van der Waals surface area contributed by atoms with Gasteiger partial charge in [0.1, 0.15) is 11.9 Å². The molecule has 0 aliphatic carbocycles. The van der Waals surface area contributed by atoms with Gasteiger partial charge in [-0.15, -0.1) is 0 Å². The van der Waals surface area contributed by atoms with Crippen molar-refractivity contribution in [2.75, 3.05) is 7.11 Å². The van der Waals surface area contributed by atoms with E-state index >= 15 is 0 Å². The van der Waals surface area contributed by atoms with E-state index in [4.69, 9.17) is 4.74 Å². The zero-order chi connectivity index (χ0) is 12.1. The Kier molecular flexibility index (Phi) is 4.35. The maximum absolute atomic E-state index is 11.3. The lowest BCUT2D eigenvalue weighted by atomic mass is 10.1. The summed E-state index contributed by atoms with van der Waals surface area (Å²) >= 11 is 0. The molecule has 0 aliphatic heterocycles. The number of rotatable bonds is 4. The third-order valence-electron chi connectivity index (χ3n) is 2.62. The first-order chi connectivity index (χ1) is 7.54. The van der Waals surface area contributed by atoms with Crippen molar-refractivity contribution in [2.24, 2.45) is 5.92 Å². The fourth-order valence-corrected chi connectivity index (χ4v) is 1.31. The van der Waals surface area contributed by atoms with E-state index in [9.17, 15) is 4.79 Å². The molecule has 0 aliphatic rings. The van der Waals surface area contributed by atoms with Gasteiger partial charge in [0.15, 0.2) is 0 Å². The fourth-order valence-electron chi connectivity index (χ4n) is 1.31. The van der Waals surface area contributed by atoms with Crippen molar-refractivity contribution >= 4 is 5.97 Å². The molecule has 0 saturated carbocycles. The van der Waals surface area contributed by atoms with Crippen LogP contribution in [0.5, 0.6) is 5.75 Å². The first-order valence-electron chi connectivity index (χ1n) is 5.35. The van der Waals surface area contributed by atoms with E-state index in [1.165, 1.54) is 12.7 Å². The zero-order valence-electron chi connectivity index (χ0n) is 10.2. The van der Waals surface area contributed by atoms with E-state index in [1.54, 1.807) is 6.92 Å². The van der Waals surface area contributed by atoms with Gasteiger partial charge in [-0.25, -0.2) is 0 Å². The largest absolute Gasteiger partial charge is 0.490 e. The van der Waals surface area contributed by atoms with Gasteiger partial charge in [-0.3, -0.25) is 4.79 Å². The second-order valence-corrected chi connectivity index (χ2v) is 3.95. The summed E-state index contributed by atoms with van der Waals surface area (Å²) in [5.74, 6) is 0.250. The molecule has 0 unspecified atom stereocenters. The SMILES string of the molecule is COC(=O)[C@H](C)[C@H](C)Oc1ccc(C)cc1. The normalized spacial score (nSPS) is 14.0. The molecule has 0 radical (unpaired) electrons. The molecule has 0 spiro atoms. The Labute approximate surface area is 96.4 Å². The minimum atomic E-state index is -0.272. The predicted octanol–water partition coefficient (Wildman–Crippen LogP) is 2.57. The van der Waals surface area contributed by atoms with Crippen LogP contribution in [-0.4, -0.2) is 19.2 Å². The highest BCUT2D eigenvalue weighted by molar-refractivity contribution is 5.72. The third-order valence-corrected chi connectivity index (χ3v) is 2.62. The zero-order valence-corrected chi connectivity index (χ0v) is 10.2. The summed E-state index contributed by atoms with van der Waals surface area (Å²) in [6.07, 6.45) is -0.199. The van der Waals surface area contributed by atoms with Gasteiger partial charge in [-0.1, -0.05) is 17.7 Å². The van der Waals surface area contributed by atoms with Crippen LogP contribution in [0.2, 0.25) is 0 Å². The quantitative estimate of drug-likeness (QED) is 0.734. The van der Waals surface area contributed by atoms with Gasteiger partial charge >= 0.3 is 5.97 Å². The van der Waals surface area contributed by atoms with Crippen LogP contribution < -0.4 is 4.74 Å². The number of ether oxygens (including phenoxy) is 2. The number of carbonyl (C=O) groups excluding carboxylic acids is 1. The van der Waals surface area contributed by atoms with Crippen LogP contribution in [0.4, 0.5) is 0 Å². The first-order valence-corrected chi connectivity index (χ1v) is 5.35. The smallest absolute Gasteiger partial charge is 0.312 e. The van der Waals surface area contributed by atoms with Crippen LogP contribution >= 0.6 is 0 Å². The molecule has 0 saturated heterocycles. The first kappa shape index (κ1) is 12.6. The van der Waals surface area contributed by atoms with Gasteiger partial charge in [0.25, 0.3) is 0 Å². The Bertz CT molecular complexity index is 343. The van der Waals surface area contributed by atoms with Crippen LogP contribution in [0.15, 0.2) is 24.3 Å². The van der Waals surface area contributed by atoms with Gasteiger partial charge in [0.05, 0.1) is 13.0 Å². The van der Waals surface area contributed by atoms with Gasteiger partial charge in [-0.05, 0) is 32.9 Å². The average Bonchev–Trinajstić information content (AvgIpc) is 2.30. The van der Waals surface area contributed by atoms with Crippen LogP contribution in [0.25, 0.3) is 0 Å². The van der Waals surface area contributed by atoms with Crippen LogP contribution in [0, 0.1) is 12.8 Å². The standard InChI is InChI=1S/C13H18O3/c1-9-5-7-12(8-6-9)16-11(3)10(2)13(14)15-4/h5-8,10-11H,1-4H3/t10-,11+/m1/s1. The summed E-state index contributed by atoms with van der Waals surface area (Å²) in [5.41, 5.74) is 1.18. The van der Waals surface area contributed by atoms with E-state index in [-0.39, 0.29) is 18.0 Å². The Morgan fingerprint density at radius 1 is 1.19 bits per heavy atom. The van der Waals surface area contributed by atoms with Crippen molar-refractivity contribution in [3.05, 3.63) is 29.8 Å². The van der Waals surface area contributed by atoms with Crippen molar-refractivity contribution in [1.29, 1.82) is 0 Å². The van der Waals surface area contributed by atoms with Crippen LogP contribution in [-0.2, 0) is 9.53 Å². The van der Waals surface area contributed by atoms with E-state index in [0.29, 0.717) is 0 Å². The van der Waals surface area contributed by atoms with Gasteiger partial charge in [-0.2, -0.15) is 0 Å². The number of methoxy groups -OCH3 is 1. The average molecular weight is 222 g/mol. The lowest BCUT2D eigenvalue weighted by molar-refractivity contribution is -0.147. The van der Waals surface area contributed by atoms with Gasteiger partial charge in [0, 0.05) is 0 Å². The lowest BCUT2D eigenvalue weighted by Crippen LogP contribution is -2.29. The number of aryl methyl sites for hydroxylation is 1. The predicted molar refractivity (Wildman–Crippen MR) is 62.4 cm³/mol. The van der Waals surface area contributed by atoms with E-state index < -0.39 is 0 Å². The molecule has 0 bridgehead atoms. The molecule has 88 valence electrons. The molecule has 0 N–H and O–H groups in total. The molecule has 3 heteroatoms. The summed E-state index contributed by atoms with van der Waals surface area (Å²) in [7, 11) is 1.39. The van der Waals surface area contributed by atoms with Crippen molar-refractivity contribution in [2.45, 2.75) is 26.9 Å². The molecular weight excluding hydrogens is 204 g/mol. The maximum atomic E-state index is 11.3. The monoisotopic (exact) mass is 222 g/mol. The summed E-state index contributed by atoms with van der Waals surface area (Å²) in [5, 5.41) is 0. The summed E-state index contributed by atoms with van der Waals surface area (Å²) < 4.78 is 10.3. The Morgan fingerprint density at radius 2 is 1.75 bits per heavy atom. The second-order valence-electron chi connectivity index (χ2n) is 3.95. The van der Waals surface area contributed by atoms with Crippen LogP contribution in [0.3, 0.4) is 0 Å². The Morgan fingerprint density at radius 3 is 2.25 bits per heavy atom. The van der Waals surface area contributed by atoms with Crippen molar-refractivity contribution in [1.82, 2.24) is 0 Å². The second kappa shape index (κ2) is 5.54. The Hall–Kier alpha value is -1.51. The van der Waals surface area contributed by atoms with Gasteiger partial charge in [0.2, 0.25) is 0 Å². The number of esters is 1. The molecule has 16 heavy (non-hydrogen) atoms. The molecule has 1 rings (SSSR count).